The Hall–Kier alpha value is -0.860. The first kappa shape index (κ1) is 11.6. The molecule has 2 heteroatoms. The van der Waals surface area contributed by atoms with Gasteiger partial charge in [0.15, 0.2) is 0 Å². The molecule has 0 spiro atoms. The van der Waals surface area contributed by atoms with Crippen molar-refractivity contribution in [2.24, 2.45) is 0 Å². The Labute approximate surface area is 98.0 Å². The monoisotopic (exact) mass is 219 g/mol. The third kappa shape index (κ3) is 2.45. The normalized spacial score (nSPS) is 16.9. The van der Waals surface area contributed by atoms with Crippen LogP contribution >= 0.6 is 0 Å². The van der Waals surface area contributed by atoms with E-state index in [0.717, 1.165) is 26.1 Å². The maximum atomic E-state index is 5.16. The minimum absolute atomic E-state index is 0.592. The molecule has 0 bridgehead atoms. The predicted molar refractivity (Wildman–Crippen MR) is 66.8 cm³/mol. The molecule has 0 radical (unpaired) electrons. The van der Waals surface area contributed by atoms with Crippen molar-refractivity contribution in [3.05, 3.63) is 34.9 Å². The highest BCUT2D eigenvalue weighted by Crippen LogP contribution is 2.27. The second-order valence-electron chi connectivity index (χ2n) is 4.59. The van der Waals surface area contributed by atoms with Crippen LogP contribution < -0.4 is 5.32 Å². The summed E-state index contributed by atoms with van der Waals surface area (Å²) >= 11 is 0. The number of ether oxygens (including phenoxy) is 1. The number of methoxy groups -OCH3 is 1. The van der Waals surface area contributed by atoms with Crippen molar-refractivity contribution < 1.29 is 4.74 Å². The van der Waals surface area contributed by atoms with Gasteiger partial charge in [-0.3, -0.25) is 0 Å². The van der Waals surface area contributed by atoms with Gasteiger partial charge >= 0.3 is 0 Å². The van der Waals surface area contributed by atoms with Gasteiger partial charge in [0.1, 0.15) is 0 Å². The predicted octanol–water partition coefficient (Wildman–Crippen LogP) is 2.47. The zero-order chi connectivity index (χ0) is 11.4. The third-order valence-corrected chi connectivity index (χ3v) is 3.47. The summed E-state index contributed by atoms with van der Waals surface area (Å²) in [6.45, 7) is 5.28. The van der Waals surface area contributed by atoms with E-state index in [1.54, 1.807) is 7.11 Å². The summed E-state index contributed by atoms with van der Waals surface area (Å²) in [6.07, 6.45) is 2.27. The third-order valence-electron chi connectivity index (χ3n) is 3.47. The van der Waals surface area contributed by atoms with E-state index < -0.39 is 0 Å². The maximum Gasteiger partial charge on any atom is 0.0467 e. The maximum absolute atomic E-state index is 5.16. The first-order valence-corrected chi connectivity index (χ1v) is 6.13. The number of hydrogen-bond acceptors (Lipinski definition) is 2. The highest BCUT2D eigenvalue weighted by Gasteiger charge is 2.15. The topological polar surface area (TPSA) is 21.3 Å². The van der Waals surface area contributed by atoms with Crippen molar-refractivity contribution >= 4 is 0 Å². The summed E-state index contributed by atoms with van der Waals surface area (Å²) < 4.78 is 5.16. The Bertz CT molecular complexity index is 349. The molecule has 1 unspecified atom stereocenters. The molecule has 2 rings (SSSR count). The summed E-state index contributed by atoms with van der Waals surface area (Å²) in [5, 5.41) is 3.46. The van der Waals surface area contributed by atoms with E-state index in [9.17, 15) is 0 Å². The fourth-order valence-corrected chi connectivity index (χ4v) is 2.45. The van der Waals surface area contributed by atoms with Gasteiger partial charge in [0.05, 0.1) is 0 Å². The molecule has 1 aliphatic heterocycles. The standard InChI is InChI=1S/C14H21NO/c1-11(7-9-16-2)13-5-3-4-12-6-8-15-10-14(12)13/h3-5,11,15H,6-10H2,1-2H3. The van der Waals surface area contributed by atoms with E-state index in [0.29, 0.717) is 5.92 Å². The van der Waals surface area contributed by atoms with Crippen LogP contribution in [0.1, 0.15) is 36.0 Å². The van der Waals surface area contributed by atoms with Crippen LogP contribution in [0, 0.1) is 0 Å². The van der Waals surface area contributed by atoms with Crippen molar-refractivity contribution in [2.45, 2.75) is 32.2 Å². The van der Waals surface area contributed by atoms with E-state index in [1.165, 1.54) is 23.1 Å². The highest BCUT2D eigenvalue weighted by atomic mass is 16.5. The first-order valence-electron chi connectivity index (χ1n) is 6.13. The van der Waals surface area contributed by atoms with Crippen molar-refractivity contribution in [3.63, 3.8) is 0 Å². The first-order chi connectivity index (χ1) is 7.83. The van der Waals surface area contributed by atoms with Crippen LogP contribution in [-0.4, -0.2) is 20.3 Å². The second kappa shape index (κ2) is 5.46. The smallest absolute Gasteiger partial charge is 0.0467 e. The largest absolute Gasteiger partial charge is 0.385 e. The summed E-state index contributed by atoms with van der Waals surface area (Å²) in [5.74, 6) is 0.592. The van der Waals surface area contributed by atoms with Gasteiger partial charge in [-0.25, -0.2) is 0 Å². The Morgan fingerprint density at radius 1 is 1.44 bits per heavy atom. The Morgan fingerprint density at radius 2 is 2.31 bits per heavy atom. The van der Waals surface area contributed by atoms with Gasteiger partial charge in [-0.05, 0) is 42.0 Å². The van der Waals surface area contributed by atoms with Gasteiger partial charge in [0, 0.05) is 20.3 Å². The molecule has 0 saturated carbocycles. The number of nitrogens with one attached hydrogen (secondary N) is 1. The van der Waals surface area contributed by atoms with Crippen LogP contribution in [0.3, 0.4) is 0 Å². The fraction of sp³-hybridized carbons (Fsp3) is 0.571. The summed E-state index contributed by atoms with van der Waals surface area (Å²) in [5.41, 5.74) is 4.56. The fourth-order valence-electron chi connectivity index (χ4n) is 2.45. The van der Waals surface area contributed by atoms with E-state index >= 15 is 0 Å². The molecular formula is C14H21NO. The number of fused-ring (bicyclic) bond motifs is 1. The zero-order valence-corrected chi connectivity index (χ0v) is 10.3. The molecule has 2 nitrogen and oxygen atoms in total. The molecule has 1 heterocycles. The summed E-state index contributed by atoms with van der Waals surface area (Å²) in [6, 6.07) is 6.73. The van der Waals surface area contributed by atoms with E-state index in [-0.39, 0.29) is 0 Å². The number of benzene rings is 1. The van der Waals surface area contributed by atoms with Crippen molar-refractivity contribution in [3.8, 4) is 0 Å². The van der Waals surface area contributed by atoms with E-state index in [1.807, 2.05) is 0 Å². The molecular weight excluding hydrogens is 198 g/mol. The molecule has 0 aromatic heterocycles. The SMILES string of the molecule is COCCC(C)c1cccc2c1CNCC2. The molecule has 88 valence electrons. The quantitative estimate of drug-likeness (QED) is 0.840. The summed E-state index contributed by atoms with van der Waals surface area (Å²) in [7, 11) is 1.77. The average molecular weight is 219 g/mol. The minimum atomic E-state index is 0.592. The lowest BCUT2D eigenvalue weighted by molar-refractivity contribution is 0.189. The Morgan fingerprint density at radius 3 is 3.12 bits per heavy atom. The van der Waals surface area contributed by atoms with Gasteiger partial charge in [0.25, 0.3) is 0 Å². The van der Waals surface area contributed by atoms with Gasteiger partial charge in [-0.2, -0.15) is 0 Å². The van der Waals surface area contributed by atoms with Crippen LogP contribution in [0.2, 0.25) is 0 Å². The van der Waals surface area contributed by atoms with Crippen LogP contribution in [0.5, 0.6) is 0 Å². The lowest BCUT2D eigenvalue weighted by Gasteiger charge is -2.23. The van der Waals surface area contributed by atoms with E-state index in [4.69, 9.17) is 4.74 Å². The molecule has 16 heavy (non-hydrogen) atoms. The minimum Gasteiger partial charge on any atom is -0.385 e. The molecule has 1 N–H and O–H groups in total. The Kier molecular flexibility index (Phi) is 3.97. The molecule has 1 aromatic rings. The second-order valence-corrected chi connectivity index (χ2v) is 4.59. The molecule has 1 aliphatic rings. The molecule has 1 atom stereocenters. The zero-order valence-electron chi connectivity index (χ0n) is 10.3. The lowest BCUT2D eigenvalue weighted by Crippen LogP contribution is -2.25. The average Bonchev–Trinajstić information content (AvgIpc) is 2.35. The van der Waals surface area contributed by atoms with Gasteiger partial charge in [-0.1, -0.05) is 25.1 Å². The van der Waals surface area contributed by atoms with Crippen molar-refractivity contribution in [1.82, 2.24) is 5.32 Å². The Balaban J connectivity index is 2.19. The van der Waals surface area contributed by atoms with Gasteiger partial charge in [0.2, 0.25) is 0 Å². The van der Waals surface area contributed by atoms with Crippen LogP contribution in [0.15, 0.2) is 18.2 Å². The van der Waals surface area contributed by atoms with Crippen LogP contribution in [-0.2, 0) is 17.7 Å². The van der Waals surface area contributed by atoms with Crippen LogP contribution in [0.4, 0.5) is 0 Å². The van der Waals surface area contributed by atoms with E-state index in [2.05, 4.69) is 30.4 Å². The molecule has 0 saturated heterocycles. The van der Waals surface area contributed by atoms with Gasteiger partial charge in [-0.15, -0.1) is 0 Å². The number of hydrogen-bond donors (Lipinski definition) is 1. The highest BCUT2D eigenvalue weighted by molar-refractivity contribution is 5.38. The van der Waals surface area contributed by atoms with Crippen LogP contribution in [0.25, 0.3) is 0 Å². The van der Waals surface area contributed by atoms with Crippen molar-refractivity contribution in [2.75, 3.05) is 20.3 Å². The number of rotatable bonds is 4. The lowest BCUT2D eigenvalue weighted by atomic mass is 9.88. The molecule has 0 aliphatic carbocycles. The molecule has 1 aromatic carbocycles. The molecule has 0 fully saturated rings. The summed E-state index contributed by atoms with van der Waals surface area (Å²) in [4.78, 5) is 0. The molecule has 0 amide bonds. The van der Waals surface area contributed by atoms with Gasteiger partial charge < -0.3 is 10.1 Å². The van der Waals surface area contributed by atoms with Crippen molar-refractivity contribution in [1.29, 1.82) is 0 Å².